The van der Waals surface area contributed by atoms with Crippen LogP contribution >= 0.6 is 23.2 Å². The van der Waals surface area contributed by atoms with Crippen LogP contribution < -0.4 is 10.6 Å². The zero-order valence-electron chi connectivity index (χ0n) is 22.9. The first-order valence-corrected chi connectivity index (χ1v) is 14.3. The molecule has 1 saturated heterocycles. The lowest BCUT2D eigenvalue weighted by molar-refractivity contribution is -0.130. The fourth-order valence-corrected chi connectivity index (χ4v) is 7.57. The predicted octanol–water partition coefficient (Wildman–Crippen LogP) is 5.64. The maximum Gasteiger partial charge on any atom is 0.238 e. The molecule has 3 aliphatic rings. The number of amides is 2. The predicted molar refractivity (Wildman–Crippen MR) is 152 cm³/mol. The van der Waals surface area contributed by atoms with Crippen molar-refractivity contribution in [2.24, 2.45) is 5.41 Å². The van der Waals surface area contributed by atoms with Gasteiger partial charge in [0, 0.05) is 28.7 Å². The number of likely N-dealkylation sites (tertiary alicyclic amines) is 1. The van der Waals surface area contributed by atoms with E-state index in [0.29, 0.717) is 42.1 Å². The maximum absolute atomic E-state index is 16.0. The van der Waals surface area contributed by atoms with Gasteiger partial charge in [-0.2, -0.15) is 0 Å². The summed E-state index contributed by atoms with van der Waals surface area (Å²) < 4.78 is 16.0. The number of anilines is 1. The zero-order chi connectivity index (χ0) is 28.5. The number of likely N-dealkylation sites (N-methyl/N-ethyl adjacent to an activating group) is 1. The van der Waals surface area contributed by atoms with E-state index >= 15 is 4.39 Å². The minimum Gasteiger partial charge on any atom is -0.390 e. The largest absolute Gasteiger partial charge is 0.390 e. The Balaban J connectivity index is 1.76. The number of aliphatic hydroxyl groups is 1. The second kappa shape index (κ2) is 9.72. The minimum absolute atomic E-state index is 0.0612. The Kier molecular flexibility index (Phi) is 7.06. The average molecular weight is 577 g/mol. The summed E-state index contributed by atoms with van der Waals surface area (Å²) in [5.74, 6) is -2.06. The highest BCUT2D eigenvalue weighted by Gasteiger charge is 2.69. The van der Waals surface area contributed by atoms with Crippen LogP contribution in [0.3, 0.4) is 0 Å². The molecule has 0 aromatic heterocycles. The highest BCUT2D eigenvalue weighted by molar-refractivity contribution is 6.31. The van der Waals surface area contributed by atoms with Gasteiger partial charge in [0.05, 0.1) is 16.7 Å². The van der Waals surface area contributed by atoms with Crippen molar-refractivity contribution >= 4 is 40.7 Å². The van der Waals surface area contributed by atoms with Crippen LogP contribution in [-0.4, -0.2) is 52.1 Å². The molecule has 0 radical (unpaired) electrons. The third-order valence-electron chi connectivity index (χ3n) is 8.62. The van der Waals surface area contributed by atoms with Gasteiger partial charge in [0.2, 0.25) is 11.8 Å². The molecule has 2 aliphatic heterocycles. The van der Waals surface area contributed by atoms with E-state index in [4.69, 9.17) is 23.2 Å². The molecular formula is C30H36Cl2FN3O3. The van der Waals surface area contributed by atoms with Gasteiger partial charge in [-0.05, 0) is 67.5 Å². The van der Waals surface area contributed by atoms with Crippen molar-refractivity contribution in [3.05, 3.63) is 63.4 Å². The molecule has 5 rings (SSSR count). The minimum atomic E-state index is -1.28. The molecule has 1 aliphatic carbocycles. The van der Waals surface area contributed by atoms with E-state index < -0.39 is 34.8 Å². The van der Waals surface area contributed by atoms with Crippen LogP contribution in [0.5, 0.6) is 0 Å². The monoisotopic (exact) mass is 575 g/mol. The molecule has 4 atom stereocenters. The first-order chi connectivity index (χ1) is 18.2. The third kappa shape index (κ3) is 4.65. The molecule has 210 valence electrons. The molecular weight excluding hydrogens is 540 g/mol. The lowest BCUT2D eigenvalue weighted by atomic mass is 9.62. The normalized spacial score (nSPS) is 32.2. The summed E-state index contributed by atoms with van der Waals surface area (Å²) >= 11 is 12.6. The molecule has 0 unspecified atom stereocenters. The summed E-state index contributed by atoms with van der Waals surface area (Å²) in [5.41, 5.74) is -0.800. The molecule has 6 nitrogen and oxygen atoms in total. The lowest BCUT2D eigenvalue weighted by Crippen LogP contribution is -2.57. The summed E-state index contributed by atoms with van der Waals surface area (Å²) in [6.07, 6.45) is 1.45. The van der Waals surface area contributed by atoms with Crippen molar-refractivity contribution in [3.8, 4) is 0 Å². The van der Waals surface area contributed by atoms with Crippen molar-refractivity contribution in [2.45, 2.75) is 88.9 Å². The summed E-state index contributed by atoms with van der Waals surface area (Å²) in [5, 5.41) is 16.8. The number of hydrogen-bond donors (Lipinski definition) is 3. The number of carbonyl (C=O) groups excluding carboxylic acids is 2. The number of nitrogens with one attached hydrogen (secondary N) is 2. The van der Waals surface area contributed by atoms with Gasteiger partial charge in [0.15, 0.2) is 0 Å². The quantitative estimate of drug-likeness (QED) is 0.430. The maximum atomic E-state index is 16.0. The number of rotatable bonds is 5. The summed E-state index contributed by atoms with van der Waals surface area (Å²) in [6, 6.07) is 8.58. The van der Waals surface area contributed by atoms with Gasteiger partial charge in [0.25, 0.3) is 0 Å². The van der Waals surface area contributed by atoms with Gasteiger partial charge in [-0.1, -0.05) is 69.1 Å². The highest BCUT2D eigenvalue weighted by Crippen LogP contribution is 2.60. The number of carbonyl (C=O) groups is 2. The molecule has 2 aromatic rings. The number of hydrogen-bond acceptors (Lipinski definition) is 4. The third-order valence-corrected chi connectivity index (χ3v) is 9.14. The molecule has 1 saturated carbocycles. The van der Waals surface area contributed by atoms with E-state index in [0.717, 1.165) is 0 Å². The van der Waals surface area contributed by atoms with Crippen LogP contribution in [0.15, 0.2) is 36.4 Å². The van der Waals surface area contributed by atoms with Gasteiger partial charge in [-0.3, -0.25) is 14.5 Å². The van der Waals surface area contributed by atoms with Gasteiger partial charge in [-0.25, -0.2) is 4.39 Å². The second-order valence-corrected chi connectivity index (χ2v) is 13.6. The van der Waals surface area contributed by atoms with Crippen LogP contribution in [0.2, 0.25) is 10.0 Å². The fraction of sp³-hybridized carbons (Fsp3) is 0.533. The smallest absolute Gasteiger partial charge is 0.238 e. The molecule has 3 N–H and O–H groups in total. The molecule has 9 heteroatoms. The Labute approximate surface area is 239 Å². The standard InChI is InChI=1S/C30H36Cl2FN3O3/c1-6-36-22(15-28(2,3)4)30(19-11-10-16(31)12-21(19)35-27(30)38)23(18-8-7-9-20(32)24(18)33)25(36)26(37)34-17-13-29(5,39)14-17/h7-12,17,22-23,25,39H,6,13-15H2,1-5H3,(H,34,37)(H,35,38)/t17-,22-,23-,25+,29+,30+/m0/s1. The molecule has 39 heavy (non-hydrogen) atoms. The first kappa shape index (κ1) is 28.3. The molecule has 1 spiro atoms. The molecule has 2 aromatic carbocycles. The van der Waals surface area contributed by atoms with Crippen LogP contribution in [-0.2, 0) is 15.0 Å². The Bertz CT molecular complexity index is 1320. The van der Waals surface area contributed by atoms with E-state index in [1.165, 1.54) is 6.07 Å². The highest BCUT2D eigenvalue weighted by atomic mass is 35.5. The van der Waals surface area contributed by atoms with Crippen molar-refractivity contribution in [1.29, 1.82) is 0 Å². The second-order valence-electron chi connectivity index (χ2n) is 12.8. The van der Waals surface area contributed by atoms with E-state index in [1.807, 2.05) is 13.0 Å². The molecule has 2 heterocycles. The molecule has 0 bridgehead atoms. The first-order valence-electron chi connectivity index (χ1n) is 13.5. The number of nitrogens with zero attached hydrogens (tertiary/aromatic N) is 1. The van der Waals surface area contributed by atoms with E-state index in [9.17, 15) is 14.7 Å². The summed E-state index contributed by atoms with van der Waals surface area (Å²) in [4.78, 5) is 30.6. The molecule has 2 fully saturated rings. The van der Waals surface area contributed by atoms with Crippen LogP contribution in [0.4, 0.5) is 10.1 Å². The lowest BCUT2D eigenvalue weighted by Gasteiger charge is -2.42. The Hall–Kier alpha value is -2.19. The Morgan fingerprint density at radius 1 is 1.23 bits per heavy atom. The van der Waals surface area contributed by atoms with Crippen LogP contribution in [0.25, 0.3) is 0 Å². The van der Waals surface area contributed by atoms with Gasteiger partial charge >= 0.3 is 0 Å². The van der Waals surface area contributed by atoms with Crippen molar-refractivity contribution in [1.82, 2.24) is 10.2 Å². The van der Waals surface area contributed by atoms with Crippen molar-refractivity contribution in [3.63, 3.8) is 0 Å². The number of halogens is 3. The Morgan fingerprint density at radius 2 is 1.92 bits per heavy atom. The van der Waals surface area contributed by atoms with E-state index in [-0.39, 0.29) is 33.9 Å². The SMILES string of the molecule is CCN1[C@@H](CC(C)(C)C)[C@@]2(C(=O)Nc3cc(Cl)ccc32)[C@@H](c2cccc(Cl)c2F)[C@@H]1C(=O)N[C@H]1C[C@@](C)(O)C1. The fourth-order valence-electron chi connectivity index (χ4n) is 7.22. The number of benzene rings is 2. The summed E-state index contributed by atoms with van der Waals surface area (Å²) in [6.45, 7) is 10.5. The zero-order valence-corrected chi connectivity index (χ0v) is 24.5. The van der Waals surface area contributed by atoms with Crippen LogP contribution in [0.1, 0.15) is 70.9 Å². The molecule has 2 amide bonds. The van der Waals surface area contributed by atoms with Crippen LogP contribution in [0, 0.1) is 11.2 Å². The average Bonchev–Trinajstić information content (AvgIpc) is 3.25. The topological polar surface area (TPSA) is 81.7 Å². The van der Waals surface area contributed by atoms with Gasteiger partial charge in [0.1, 0.15) is 11.2 Å². The summed E-state index contributed by atoms with van der Waals surface area (Å²) in [7, 11) is 0. The van der Waals surface area contributed by atoms with Crippen molar-refractivity contribution < 1.29 is 19.1 Å². The van der Waals surface area contributed by atoms with Gasteiger partial charge < -0.3 is 15.7 Å². The Morgan fingerprint density at radius 3 is 2.54 bits per heavy atom. The van der Waals surface area contributed by atoms with E-state index in [1.54, 1.807) is 31.2 Å². The number of fused-ring (bicyclic) bond motifs is 2. The van der Waals surface area contributed by atoms with E-state index in [2.05, 4.69) is 36.3 Å². The van der Waals surface area contributed by atoms with Gasteiger partial charge in [-0.15, -0.1) is 0 Å². The van der Waals surface area contributed by atoms with Crippen molar-refractivity contribution in [2.75, 3.05) is 11.9 Å².